The molecule has 6 rings (SSSR count). The van der Waals surface area contributed by atoms with E-state index in [4.69, 9.17) is 28.8 Å². The van der Waals surface area contributed by atoms with Crippen LogP contribution in [0.3, 0.4) is 0 Å². The summed E-state index contributed by atoms with van der Waals surface area (Å²) in [4.78, 5) is 49.0. The zero-order chi connectivity index (χ0) is 26.9. The third-order valence-corrected chi connectivity index (χ3v) is 8.28. The number of aromatic nitrogens is 4. The van der Waals surface area contributed by atoms with E-state index in [9.17, 15) is 9.59 Å². The van der Waals surface area contributed by atoms with Crippen molar-refractivity contribution >= 4 is 41.0 Å². The number of nitrogens with one attached hydrogen (secondary N) is 1. The van der Waals surface area contributed by atoms with E-state index in [2.05, 4.69) is 30.2 Å². The number of nitrogens with two attached hydrogens (primary N) is 3. The second-order valence-electron chi connectivity index (χ2n) is 10.4. The minimum atomic E-state index is -0.664. The summed E-state index contributed by atoms with van der Waals surface area (Å²) >= 11 is 5.88. The fourth-order valence-corrected chi connectivity index (χ4v) is 6.03. The largest absolute Gasteiger partial charge is 1.00 e. The molecule has 2 aromatic heterocycles. The summed E-state index contributed by atoms with van der Waals surface area (Å²) in [5.74, 6) is 0.783. The van der Waals surface area contributed by atoms with Crippen LogP contribution in [-0.2, 0) is 4.79 Å². The van der Waals surface area contributed by atoms with Gasteiger partial charge in [-0.3, -0.25) is 14.9 Å². The Bertz CT molecular complexity index is 1230. The third-order valence-electron chi connectivity index (χ3n) is 8.00. The first-order valence-corrected chi connectivity index (χ1v) is 13.2. The fourth-order valence-electron chi connectivity index (χ4n) is 5.91. The van der Waals surface area contributed by atoms with Gasteiger partial charge in [-0.05, 0) is 24.8 Å². The number of hydrogen-bond acceptors (Lipinski definition) is 9. The minimum Gasteiger partial charge on any atom is -1.00 e. The molecule has 1 atom stereocenters. The summed E-state index contributed by atoms with van der Waals surface area (Å²) in [5.41, 5.74) is 17.3. The molecule has 0 radical (unpaired) electrons. The molecular formula is C24H33BrClN11O2. The number of guanidine groups is 1. The Balaban J connectivity index is 0.00000353. The van der Waals surface area contributed by atoms with Crippen molar-refractivity contribution in [2.45, 2.75) is 37.6 Å². The maximum atomic E-state index is 13.3. The number of halogens is 2. The third kappa shape index (κ3) is 6.39. The van der Waals surface area contributed by atoms with Crippen LogP contribution in [0.2, 0.25) is 5.15 Å². The Morgan fingerprint density at radius 2 is 1.74 bits per heavy atom. The van der Waals surface area contributed by atoms with Gasteiger partial charge in [0.25, 0.3) is 11.8 Å². The van der Waals surface area contributed by atoms with Crippen molar-refractivity contribution in [2.75, 3.05) is 50.7 Å². The number of amides is 2. The quantitative estimate of drug-likeness (QED) is 0.154. The molecule has 0 spiro atoms. The predicted octanol–water partition coefficient (Wildman–Crippen LogP) is -2.85. The van der Waals surface area contributed by atoms with Gasteiger partial charge in [0.15, 0.2) is 35.0 Å². The number of quaternary nitrogens is 1. The van der Waals surface area contributed by atoms with Crippen LogP contribution in [0.5, 0.6) is 0 Å². The van der Waals surface area contributed by atoms with E-state index >= 15 is 0 Å². The second-order valence-corrected chi connectivity index (χ2v) is 10.8. The summed E-state index contributed by atoms with van der Waals surface area (Å²) in [6.07, 6.45) is 7.20. The second kappa shape index (κ2) is 12.0. The highest BCUT2D eigenvalue weighted by atomic mass is 79.9. The number of rotatable bonds is 5. The molecule has 0 aromatic carbocycles. The summed E-state index contributed by atoms with van der Waals surface area (Å²) in [6.45, 7) is 4.47. The monoisotopic (exact) mass is 621 g/mol. The lowest BCUT2D eigenvalue weighted by Crippen LogP contribution is -3.00. The molecule has 15 heteroatoms. The van der Waals surface area contributed by atoms with E-state index in [1.165, 1.54) is 0 Å². The smallest absolute Gasteiger partial charge is 0.280 e. The van der Waals surface area contributed by atoms with E-state index in [0.29, 0.717) is 42.5 Å². The standard InChI is InChI=1S/C24H32ClN11O2.BrH/c25-19-21(27)33-20(26)18(32-19)23(38)34-24(28)31-16-12-36(10-4-14(16)5-11-36)13-17(37)35-8-2-15(3-9-35)22-29-6-1-7-30-22;/h1,6-7,14-16H,2-5,8-13H2,(H6-,26,27,28,31,33,34,38);1H/t14?,16-,36?;/m1./s1. The number of fused-ring (bicyclic) bond motifs is 3. The van der Waals surface area contributed by atoms with Gasteiger partial charge in [-0.25, -0.2) is 24.9 Å². The molecule has 0 unspecified atom stereocenters. The average Bonchev–Trinajstić information content (AvgIpc) is 2.91. The highest BCUT2D eigenvalue weighted by Gasteiger charge is 2.47. The molecule has 7 N–H and O–H groups in total. The molecule has 2 bridgehead atoms. The van der Waals surface area contributed by atoms with Crippen LogP contribution in [0.4, 0.5) is 11.6 Å². The van der Waals surface area contributed by atoms with Gasteiger partial charge in [0.2, 0.25) is 0 Å². The lowest BCUT2D eigenvalue weighted by atomic mass is 9.82. The first-order valence-electron chi connectivity index (χ1n) is 12.9. The van der Waals surface area contributed by atoms with E-state index in [-0.39, 0.29) is 57.4 Å². The molecule has 2 aromatic rings. The molecule has 13 nitrogen and oxygen atoms in total. The fraction of sp³-hybridized carbons (Fsp3) is 0.542. The van der Waals surface area contributed by atoms with Crippen LogP contribution in [0.15, 0.2) is 23.5 Å². The first kappa shape index (κ1) is 28.9. The van der Waals surface area contributed by atoms with E-state index in [0.717, 1.165) is 44.6 Å². The van der Waals surface area contributed by atoms with Gasteiger partial charge < -0.3 is 43.6 Å². The zero-order valence-corrected chi connectivity index (χ0v) is 23.8. The van der Waals surface area contributed by atoms with Crippen molar-refractivity contribution < 1.29 is 31.1 Å². The number of anilines is 2. The number of likely N-dealkylation sites (tertiary alicyclic amines) is 1. The Kier molecular flexibility index (Phi) is 8.86. The lowest BCUT2D eigenvalue weighted by Gasteiger charge is -2.51. The lowest BCUT2D eigenvalue weighted by molar-refractivity contribution is -0.936. The maximum Gasteiger partial charge on any atom is 0.280 e. The van der Waals surface area contributed by atoms with Crippen molar-refractivity contribution in [3.8, 4) is 0 Å². The molecule has 2 amide bonds. The van der Waals surface area contributed by atoms with Crippen molar-refractivity contribution in [1.82, 2.24) is 30.2 Å². The van der Waals surface area contributed by atoms with Gasteiger partial charge in [0.05, 0.1) is 13.1 Å². The van der Waals surface area contributed by atoms with Gasteiger partial charge >= 0.3 is 0 Å². The molecule has 39 heavy (non-hydrogen) atoms. The minimum absolute atomic E-state index is 0. The van der Waals surface area contributed by atoms with Crippen LogP contribution in [0, 0.1) is 5.92 Å². The predicted molar refractivity (Wildman–Crippen MR) is 142 cm³/mol. The summed E-state index contributed by atoms with van der Waals surface area (Å²) in [5, 5.41) is 2.41. The molecule has 0 saturated carbocycles. The van der Waals surface area contributed by atoms with Gasteiger partial charge in [-0.2, -0.15) is 0 Å². The van der Waals surface area contributed by atoms with Gasteiger partial charge in [-0.15, -0.1) is 0 Å². The Labute approximate surface area is 242 Å². The average molecular weight is 623 g/mol. The first-order chi connectivity index (χ1) is 18.2. The molecule has 4 fully saturated rings. The Morgan fingerprint density at radius 1 is 1.08 bits per heavy atom. The highest BCUT2D eigenvalue weighted by molar-refractivity contribution is 6.31. The normalized spacial score (nSPS) is 25.2. The van der Waals surface area contributed by atoms with Crippen LogP contribution in [-0.4, -0.2) is 92.4 Å². The van der Waals surface area contributed by atoms with Crippen LogP contribution < -0.4 is 39.5 Å². The number of nitrogens with zero attached hydrogens (tertiary/aromatic N) is 7. The molecule has 4 saturated heterocycles. The van der Waals surface area contributed by atoms with Crippen molar-refractivity contribution in [3.63, 3.8) is 0 Å². The Hall–Kier alpha value is -3.10. The van der Waals surface area contributed by atoms with Crippen LogP contribution in [0.25, 0.3) is 0 Å². The molecule has 210 valence electrons. The molecule has 4 aliphatic heterocycles. The molecule has 6 heterocycles. The Morgan fingerprint density at radius 3 is 2.41 bits per heavy atom. The van der Waals surface area contributed by atoms with Crippen molar-refractivity contribution in [3.05, 3.63) is 35.1 Å². The number of piperidine rings is 4. The molecule has 4 aliphatic rings. The SMILES string of the molecule is NC(=N[C@@H]1C[N+]2(CC(=O)N3CCC(c4ncccn4)CC3)CCC1CC2)NC(=O)c1nc(Cl)c(N)nc1N.[Br-]. The summed E-state index contributed by atoms with van der Waals surface area (Å²) in [6, 6.07) is 1.72. The van der Waals surface area contributed by atoms with E-state index in [1.54, 1.807) is 12.4 Å². The van der Waals surface area contributed by atoms with E-state index < -0.39 is 5.91 Å². The van der Waals surface area contributed by atoms with Gasteiger partial charge in [0.1, 0.15) is 18.4 Å². The van der Waals surface area contributed by atoms with Crippen LogP contribution in [0.1, 0.15) is 47.9 Å². The topological polar surface area (TPSA) is 191 Å². The van der Waals surface area contributed by atoms with Crippen molar-refractivity contribution in [2.24, 2.45) is 16.6 Å². The van der Waals surface area contributed by atoms with E-state index in [1.807, 2.05) is 11.0 Å². The van der Waals surface area contributed by atoms with Gasteiger partial charge in [0, 0.05) is 44.2 Å². The number of aliphatic imine (C=N–C) groups is 1. The number of carbonyl (C=O) groups excluding carboxylic acids is 2. The number of carbonyl (C=O) groups is 2. The summed E-state index contributed by atoms with van der Waals surface area (Å²) in [7, 11) is 0. The van der Waals surface area contributed by atoms with Gasteiger partial charge in [-0.1, -0.05) is 11.6 Å². The number of hydrogen-bond donors (Lipinski definition) is 4. The van der Waals surface area contributed by atoms with Crippen molar-refractivity contribution in [1.29, 1.82) is 0 Å². The zero-order valence-electron chi connectivity index (χ0n) is 21.5. The van der Waals surface area contributed by atoms with Crippen LogP contribution >= 0.6 is 11.6 Å². The maximum absolute atomic E-state index is 13.3. The molecule has 0 aliphatic carbocycles. The summed E-state index contributed by atoms with van der Waals surface area (Å²) < 4.78 is 0.693. The highest BCUT2D eigenvalue weighted by Crippen LogP contribution is 2.36. The number of nitrogen functional groups attached to an aromatic ring is 2. The molecular weight excluding hydrogens is 590 g/mol.